The molecule has 38 heavy (non-hydrogen) atoms. The summed E-state index contributed by atoms with van der Waals surface area (Å²) < 4.78 is 81.9. The maximum Gasteiger partial charge on any atom is 0.237 e. The number of rotatable bonds is 6. The highest BCUT2D eigenvalue weighted by atomic mass is 35.5. The predicted octanol–water partition coefficient (Wildman–Crippen LogP) is 5.60. The summed E-state index contributed by atoms with van der Waals surface area (Å²) in [5.41, 5.74) is 0. The number of morpholine rings is 2. The molecule has 0 unspecified atom stereocenters. The quantitative estimate of drug-likeness (QED) is 0.278. The topological polar surface area (TPSA) is 69.2 Å². The molecule has 0 saturated carbocycles. The minimum Gasteiger partial charge on any atom is -0.448 e. The zero-order chi connectivity index (χ0) is 26.8. The van der Waals surface area contributed by atoms with E-state index in [9.17, 15) is 8.78 Å². The molecule has 0 atom stereocenters. The Morgan fingerprint density at radius 3 is 1.39 bits per heavy atom. The number of ether oxygens (including phenoxy) is 4. The molecule has 0 N–H and O–H groups in total. The molecule has 1 aromatic carbocycles. The minimum absolute atomic E-state index is 0.174. The fraction of sp³-hybridized carbons (Fsp3) is 0.333. The third kappa shape index (κ3) is 5.26. The Balaban J connectivity index is 1.50. The zero-order valence-corrected chi connectivity index (χ0v) is 21.2. The summed E-state index contributed by atoms with van der Waals surface area (Å²) in [5, 5.41) is -1.41. The second kappa shape index (κ2) is 11.4. The number of hydrogen-bond donors (Lipinski definition) is 0. The summed E-state index contributed by atoms with van der Waals surface area (Å²) in [5.74, 6) is -6.58. The third-order valence-corrected chi connectivity index (χ3v) is 6.51. The minimum atomic E-state index is -1.15. The molecule has 0 spiro atoms. The van der Waals surface area contributed by atoms with E-state index in [1.54, 1.807) is 0 Å². The van der Waals surface area contributed by atoms with Gasteiger partial charge in [-0.05, 0) is 12.1 Å². The van der Waals surface area contributed by atoms with Crippen molar-refractivity contribution in [3.05, 3.63) is 57.8 Å². The lowest BCUT2D eigenvalue weighted by atomic mass is 10.3. The normalized spacial score (nSPS) is 16.1. The first-order valence-corrected chi connectivity index (χ1v) is 12.3. The predicted molar refractivity (Wildman–Crippen MR) is 131 cm³/mol. The van der Waals surface area contributed by atoms with Crippen LogP contribution in [-0.4, -0.2) is 62.6 Å². The van der Waals surface area contributed by atoms with E-state index in [4.69, 9.17) is 42.1 Å². The SMILES string of the molecule is Fc1nc(N2CCOCC2)c(F)c(Oc2ccccc2Oc2c(F)c(N3CCOCC3)nc(F)c2Cl)c1Cl. The van der Waals surface area contributed by atoms with E-state index < -0.39 is 45.1 Å². The van der Waals surface area contributed by atoms with Gasteiger partial charge in [0, 0.05) is 26.2 Å². The Morgan fingerprint density at radius 2 is 1.03 bits per heavy atom. The second-order valence-electron chi connectivity index (χ2n) is 8.22. The number of halogens is 6. The van der Waals surface area contributed by atoms with Crippen LogP contribution in [-0.2, 0) is 9.47 Å². The van der Waals surface area contributed by atoms with Crippen LogP contribution in [0.15, 0.2) is 24.3 Å². The van der Waals surface area contributed by atoms with Crippen LogP contribution < -0.4 is 19.3 Å². The van der Waals surface area contributed by atoms with E-state index in [-0.39, 0.29) is 49.3 Å². The van der Waals surface area contributed by atoms with Crippen molar-refractivity contribution >= 4 is 34.8 Å². The van der Waals surface area contributed by atoms with Crippen molar-refractivity contribution in [1.82, 2.24) is 9.97 Å². The van der Waals surface area contributed by atoms with Gasteiger partial charge in [-0.25, -0.2) is 0 Å². The molecule has 0 aliphatic carbocycles. The van der Waals surface area contributed by atoms with Gasteiger partial charge in [0.05, 0.1) is 26.4 Å². The molecule has 3 aromatic rings. The molecular weight excluding hydrogens is 555 g/mol. The van der Waals surface area contributed by atoms with Crippen LogP contribution in [0.3, 0.4) is 0 Å². The molecule has 202 valence electrons. The number of hydrogen-bond acceptors (Lipinski definition) is 8. The molecule has 2 aromatic heterocycles. The highest BCUT2D eigenvalue weighted by Crippen LogP contribution is 2.44. The molecule has 2 fully saturated rings. The van der Waals surface area contributed by atoms with Gasteiger partial charge in [-0.1, -0.05) is 35.3 Å². The highest BCUT2D eigenvalue weighted by Gasteiger charge is 2.29. The number of pyridine rings is 2. The smallest absolute Gasteiger partial charge is 0.237 e. The lowest BCUT2D eigenvalue weighted by Crippen LogP contribution is -2.37. The summed E-state index contributed by atoms with van der Waals surface area (Å²) in [6.45, 7) is 2.34. The van der Waals surface area contributed by atoms with Gasteiger partial charge in [-0.2, -0.15) is 27.5 Å². The fourth-order valence-corrected chi connectivity index (χ4v) is 4.28. The van der Waals surface area contributed by atoms with Gasteiger partial charge in [-0.15, -0.1) is 0 Å². The van der Waals surface area contributed by atoms with Crippen molar-refractivity contribution in [3.8, 4) is 23.0 Å². The van der Waals surface area contributed by atoms with E-state index in [2.05, 4.69) is 9.97 Å². The van der Waals surface area contributed by atoms with Crippen molar-refractivity contribution in [1.29, 1.82) is 0 Å². The maximum atomic E-state index is 15.5. The van der Waals surface area contributed by atoms with Gasteiger partial charge in [0.25, 0.3) is 0 Å². The zero-order valence-electron chi connectivity index (χ0n) is 19.7. The van der Waals surface area contributed by atoms with Crippen molar-refractivity contribution < 1.29 is 36.5 Å². The van der Waals surface area contributed by atoms with Crippen molar-refractivity contribution in [2.24, 2.45) is 0 Å². The van der Waals surface area contributed by atoms with Crippen LogP contribution in [0.4, 0.5) is 29.2 Å². The summed E-state index contributed by atoms with van der Waals surface area (Å²) in [4.78, 5) is 10.3. The summed E-state index contributed by atoms with van der Waals surface area (Å²) in [6.07, 6.45) is 0. The standard InChI is InChI=1S/C24H20Cl2F4N4O4/c25-15-19(17(27)23(31-21(15)29)33-5-9-35-10-6-33)37-13-3-1-2-4-14(13)38-20-16(26)22(30)32-24(18(20)28)34-7-11-36-12-8-34/h1-4H,5-12H2. The summed E-state index contributed by atoms with van der Waals surface area (Å²) in [6, 6.07) is 5.73. The highest BCUT2D eigenvalue weighted by molar-refractivity contribution is 6.32. The van der Waals surface area contributed by atoms with Crippen LogP contribution in [0.2, 0.25) is 10.0 Å². The van der Waals surface area contributed by atoms with Gasteiger partial charge in [-0.3, -0.25) is 0 Å². The fourth-order valence-electron chi connectivity index (χ4n) is 3.95. The number of para-hydroxylation sites is 2. The lowest BCUT2D eigenvalue weighted by Gasteiger charge is -2.29. The maximum absolute atomic E-state index is 15.5. The van der Waals surface area contributed by atoms with Crippen LogP contribution in [0.1, 0.15) is 0 Å². The lowest BCUT2D eigenvalue weighted by molar-refractivity contribution is 0.122. The largest absolute Gasteiger partial charge is 0.448 e. The Bertz CT molecular complexity index is 1240. The molecule has 5 rings (SSSR count). The van der Waals surface area contributed by atoms with E-state index in [1.807, 2.05) is 0 Å². The first-order valence-electron chi connectivity index (χ1n) is 11.5. The molecule has 14 heteroatoms. The van der Waals surface area contributed by atoms with E-state index >= 15 is 8.78 Å². The van der Waals surface area contributed by atoms with Crippen LogP contribution >= 0.6 is 23.2 Å². The second-order valence-corrected chi connectivity index (χ2v) is 8.97. The molecule has 4 heterocycles. The Labute approximate surface area is 224 Å². The Kier molecular flexibility index (Phi) is 7.93. The van der Waals surface area contributed by atoms with Crippen LogP contribution in [0.25, 0.3) is 0 Å². The molecule has 2 aliphatic heterocycles. The van der Waals surface area contributed by atoms with E-state index in [0.717, 1.165) is 0 Å². The van der Waals surface area contributed by atoms with Crippen LogP contribution in [0, 0.1) is 23.5 Å². The Hall–Kier alpha value is -3.06. The van der Waals surface area contributed by atoms with Crippen molar-refractivity contribution in [3.63, 3.8) is 0 Å². The van der Waals surface area contributed by atoms with Crippen LogP contribution in [0.5, 0.6) is 23.0 Å². The first kappa shape index (κ1) is 26.5. The van der Waals surface area contributed by atoms with E-state index in [1.165, 1.54) is 34.1 Å². The number of aromatic nitrogens is 2. The summed E-state index contributed by atoms with van der Waals surface area (Å²) >= 11 is 12.0. The average molecular weight is 575 g/mol. The van der Waals surface area contributed by atoms with Gasteiger partial charge >= 0.3 is 0 Å². The molecule has 0 amide bonds. The Morgan fingerprint density at radius 1 is 0.658 bits per heavy atom. The van der Waals surface area contributed by atoms with Gasteiger partial charge in [0.2, 0.25) is 23.5 Å². The van der Waals surface area contributed by atoms with Gasteiger partial charge in [0.15, 0.2) is 34.6 Å². The molecule has 0 radical (unpaired) electrons. The molecular formula is C24H20Cl2F4N4O4. The molecule has 2 saturated heterocycles. The third-order valence-electron chi connectivity index (χ3n) is 5.85. The van der Waals surface area contributed by atoms with Gasteiger partial charge < -0.3 is 28.7 Å². The number of benzene rings is 1. The van der Waals surface area contributed by atoms with E-state index in [0.29, 0.717) is 26.4 Å². The van der Waals surface area contributed by atoms with Crippen molar-refractivity contribution in [2.75, 3.05) is 62.4 Å². The monoisotopic (exact) mass is 574 g/mol. The van der Waals surface area contributed by atoms with Crippen molar-refractivity contribution in [2.45, 2.75) is 0 Å². The summed E-state index contributed by atoms with van der Waals surface area (Å²) in [7, 11) is 0. The van der Waals surface area contributed by atoms with Gasteiger partial charge in [0.1, 0.15) is 10.0 Å². The average Bonchev–Trinajstić information content (AvgIpc) is 2.94. The first-order chi connectivity index (χ1) is 18.3. The number of nitrogens with zero attached hydrogens (tertiary/aromatic N) is 4. The number of anilines is 2. The molecule has 0 bridgehead atoms. The molecule has 8 nitrogen and oxygen atoms in total. The molecule has 2 aliphatic rings.